The van der Waals surface area contributed by atoms with E-state index in [4.69, 9.17) is 4.74 Å². The minimum Gasteiger partial charge on any atom is -0.477 e. The van der Waals surface area contributed by atoms with Crippen molar-refractivity contribution in [1.82, 2.24) is 4.98 Å². The van der Waals surface area contributed by atoms with Crippen molar-refractivity contribution in [3.8, 4) is 0 Å². The van der Waals surface area contributed by atoms with E-state index in [1.54, 1.807) is 20.8 Å². The molecule has 0 unspecified atom stereocenters. The summed E-state index contributed by atoms with van der Waals surface area (Å²) in [5.74, 6) is -1.05. The van der Waals surface area contributed by atoms with Crippen molar-refractivity contribution in [2.24, 2.45) is 0 Å². The van der Waals surface area contributed by atoms with Gasteiger partial charge in [-0.3, -0.25) is 5.32 Å². The van der Waals surface area contributed by atoms with Crippen LogP contribution in [0.4, 0.5) is 9.93 Å². The van der Waals surface area contributed by atoms with E-state index in [1.807, 2.05) is 20.8 Å². The molecule has 1 rings (SSSR count). The molecular weight excluding hydrogens is 280 g/mol. The van der Waals surface area contributed by atoms with Gasteiger partial charge in [-0.05, 0) is 20.8 Å². The number of anilines is 1. The number of aromatic carboxylic acids is 1. The monoisotopic (exact) mass is 300 g/mol. The fraction of sp³-hybridized carbons (Fsp3) is 0.615. The molecule has 0 aliphatic rings. The molecule has 7 heteroatoms. The molecule has 112 valence electrons. The zero-order valence-corrected chi connectivity index (χ0v) is 13.3. The van der Waals surface area contributed by atoms with Gasteiger partial charge in [-0.1, -0.05) is 32.1 Å². The zero-order valence-electron chi connectivity index (χ0n) is 12.5. The number of carboxylic acids is 1. The van der Waals surface area contributed by atoms with Gasteiger partial charge in [0.25, 0.3) is 0 Å². The number of thiazole rings is 1. The fourth-order valence-corrected chi connectivity index (χ4v) is 2.42. The molecule has 1 aromatic heterocycles. The maximum atomic E-state index is 11.7. The van der Waals surface area contributed by atoms with Gasteiger partial charge in [0.1, 0.15) is 10.5 Å². The van der Waals surface area contributed by atoms with Crippen LogP contribution in [-0.2, 0) is 10.2 Å². The van der Waals surface area contributed by atoms with Crippen LogP contribution < -0.4 is 5.32 Å². The average molecular weight is 300 g/mol. The number of hydrogen-bond donors (Lipinski definition) is 2. The second kappa shape index (κ2) is 5.40. The summed E-state index contributed by atoms with van der Waals surface area (Å²) in [5, 5.41) is 11.9. The van der Waals surface area contributed by atoms with Crippen molar-refractivity contribution < 1.29 is 19.4 Å². The third-order valence-electron chi connectivity index (χ3n) is 2.14. The number of ether oxygens (including phenoxy) is 1. The van der Waals surface area contributed by atoms with Crippen LogP contribution >= 0.6 is 11.3 Å². The van der Waals surface area contributed by atoms with Gasteiger partial charge in [0.2, 0.25) is 0 Å². The molecule has 0 bridgehead atoms. The predicted octanol–water partition coefficient (Wildman–Crippen LogP) is 3.49. The maximum absolute atomic E-state index is 11.7. The zero-order chi connectivity index (χ0) is 15.7. The Hall–Kier alpha value is -1.63. The topological polar surface area (TPSA) is 88.5 Å². The van der Waals surface area contributed by atoms with E-state index < -0.39 is 23.1 Å². The number of carbonyl (C=O) groups excluding carboxylic acids is 1. The molecule has 1 amide bonds. The molecule has 0 saturated carbocycles. The smallest absolute Gasteiger partial charge is 0.413 e. The van der Waals surface area contributed by atoms with Crippen LogP contribution in [0.25, 0.3) is 0 Å². The molecule has 0 radical (unpaired) electrons. The Morgan fingerprint density at radius 1 is 1.20 bits per heavy atom. The van der Waals surface area contributed by atoms with Gasteiger partial charge in [-0.25, -0.2) is 14.6 Å². The molecule has 20 heavy (non-hydrogen) atoms. The number of carboxylic acid groups (broad SMARTS) is 1. The van der Waals surface area contributed by atoms with Crippen molar-refractivity contribution in [3.63, 3.8) is 0 Å². The molecule has 1 heterocycles. The Bertz CT molecular complexity index is 523. The Morgan fingerprint density at radius 3 is 2.10 bits per heavy atom. The van der Waals surface area contributed by atoms with E-state index >= 15 is 0 Å². The summed E-state index contributed by atoms with van der Waals surface area (Å²) in [6, 6.07) is 0. The average Bonchev–Trinajstić information content (AvgIpc) is 2.57. The Balaban J connectivity index is 2.99. The number of hydrogen-bond acceptors (Lipinski definition) is 5. The van der Waals surface area contributed by atoms with Gasteiger partial charge < -0.3 is 9.84 Å². The third kappa shape index (κ3) is 4.48. The summed E-state index contributed by atoms with van der Waals surface area (Å²) in [6.07, 6.45) is -0.649. The standard InChI is InChI=1S/C13H20N2O4S/c1-12(2,3)8-7(9(16)17)20-10(14-8)15-11(18)19-13(4,5)6/h1-6H3,(H,16,17)(H,14,15,18). The highest BCUT2D eigenvalue weighted by atomic mass is 32.1. The van der Waals surface area contributed by atoms with Crippen molar-refractivity contribution >= 4 is 28.5 Å². The Labute approximate surface area is 122 Å². The summed E-state index contributed by atoms with van der Waals surface area (Å²) in [7, 11) is 0. The van der Waals surface area contributed by atoms with E-state index in [2.05, 4.69) is 10.3 Å². The van der Waals surface area contributed by atoms with Gasteiger partial charge in [-0.15, -0.1) is 0 Å². The molecule has 0 aromatic carbocycles. The van der Waals surface area contributed by atoms with E-state index in [1.165, 1.54) is 0 Å². The van der Waals surface area contributed by atoms with Gasteiger partial charge in [0.05, 0.1) is 5.69 Å². The van der Waals surface area contributed by atoms with E-state index in [9.17, 15) is 14.7 Å². The van der Waals surface area contributed by atoms with Crippen LogP contribution in [0.1, 0.15) is 56.9 Å². The fourth-order valence-electron chi connectivity index (χ4n) is 1.42. The molecule has 0 atom stereocenters. The lowest BCUT2D eigenvalue weighted by Crippen LogP contribution is -2.27. The molecule has 0 fully saturated rings. The summed E-state index contributed by atoms with van der Waals surface area (Å²) in [4.78, 5) is 27.2. The summed E-state index contributed by atoms with van der Waals surface area (Å²) < 4.78 is 5.11. The third-order valence-corrected chi connectivity index (χ3v) is 3.10. The van der Waals surface area contributed by atoms with Crippen molar-refractivity contribution in [3.05, 3.63) is 10.6 Å². The first kappa shape index (κ1) is 16.4. The molecular formula is C13H20N2O4S. The van der Waals surface area contributed by atoms with E-state index in [0.717, 1.165) is 11.3 Å². The molecule has 1 aromatic rings. The highest BCUT2D eigenvalue weighted by Gasteiger charge is 2.28. The summed E-state index contributed by atoms with van der Waals surface area (Å²) in [5.41, 5.74) is -0.594. The van der Waals surface area contributed by atoms with Gasteiger partial charge in [0.15, 0.2) is 5.13 Å². The molecule has 0 saturated heterocycles. The number of amides is 1. The number of nitrogens with zero attached hydrogens (tertiary/aromatic N) is 1. The first-order chi connectivity index (χ1) is 8.90. The first-order valence-corrected chi connectivity index (χ1v) is 6.96. The molecule has 0 spiro atoms. The molecule has 2 N–H and O–H groups in total. The van der Waals surface area contributed by atoms with E-state index in [0.29, 0.717) is 5.69 Å². The predicted molar refractivity (Wildman–Crippen MR) is 77.6 cm³/mol. The highest BCUT2D eigenvalue weighted by Crippen LogP contribution is 2.32. The van der Waals surface area contributed by atoms with Gasteiger partial charge in [-0.2, -0.15) is 0 Å². The second-order valence-electron chi connectivity index (χ2n) is 6.38. The van der Waals surface area contributed by atoms with Crippen molar-refractivity contribution in [2.45, 2.75) is 52.6 Å². The van der Waals surface area contributed by atoms with Gasteiger partial charge >= 0.3 is 12.1 Å². The van der Waals surface area contributed by atoms with Crippen molar-refractivity contribution in [2.75, 3.05) is 5.32 Å². The SMILES string of the molecule is CC(C)(C)OC(=O)Nc1nc(C(C)(C)C)c(C(=O)O)s1. The first-order valence-electron chi connectivity index (χ1n) is 6.15. The second-order valence-corrected chi connectivity index (χ2v) is 7.38. The quantitative estimate of drug-likeness (QED) is 0.872. The molecule has 0 aliphatic heterocycles. The number of carbonyl (C=O) groups is 2. The number of nitrogens with one attached hydrogen (secondary N) is 1. The van der Waals surface area contributed by atoms with Crippen LogP contribution in [0.3, 0.4) is 0 Å². The molecule has 6 nitrogen and oxygen atoms in total. The number of rotatable bonds is 2. The lowest BCUT2D eigenvalue weighted by atomic mass is 9.91. The number of aromatic nitrogens is 1. The lowest BCUT2D eigenvalue weighted by Gasteiger charge is -2.19. The Morgan fingerprint density at radius 2 is 1.75 bits per heavy atom. The van der Waals surface area contributed by atoms with E-state index in [-0.39, 0.29) is 10.0 Å². The van der Waals surface area contributed by atoms with Crippen LogP contribution in [0.2, 0.25) is 0 Å². The van der Waals surface area contributed by atoms with Crippen LogP contribution in [0.15, 0.2) is 0 Å². The molecule has 0 aliphatic carbocycles. The van der Waals surface area contributed by atoms with Crippen LogP contribution in [0, 0.1) is 0 Å². The normalized spacial score (nSPS) is 12.1. The van der Waals surface area contributed by atoms with Crippen molar-refractivity contribution in [1.29, 1.82) is 0 Å². The van der Waals surface area contributed by atoms with Crippen LogP contribution in [-0.4, -0.2) is 27.8 Å². The lowest BCUT2D eigenvalue weighted by molar-refractivity contribution is 0.0634. The highest BCUT2D eigenvalue weighted by molar-refractivity contribution is 7.17. The maximum Gasteiger partial charge on any atom is 0.413 e. The summed E-state index contributed by atoms with van der Waals surface area (Å²) >= 11 is 0.926. The Kier molecular flexibility index (Phi) is 4.43. The van der Waals surface area contributed by atoms with Crippen LogP contribution in [0.5, 0.6) is 0 Å². The van der Waals surface area contributed by atoms with Gasteiger partial charge in [0, 0.05) is 5.41 Å². The largest absolute Gasteiger partial charge is 0.477 e. The minimum absolute atomic E-state index is 0.128. The summed E-state index contributed by atoms with van der Waals surface area (Å²) in [6.45, 7) is 10.8. The minimum atomic E-state index is -1.05.